The first-order valence-electron chi connectivity index (χ1n) is 5.71. The molecule has 0 saturated carbocycles. The van der Waals surface area contributed by atoms with Crippen LogP contribution in [-0.4, -0.2) is 19.6 Å². The monoisotopic (exact) mass is 259 g/mol. The molecule has 3 aromatic heterocycles. The second-order valence-electron chi connectivity index (χ2n) is 4.14. The Morgan fingerprint density at radius 2 is 2.33 bits per heavy atom. The van der Waals surface area contributed by atoms with Gasteiger partial charge in [-0.2, -0.15) is 14.6 Å². The lowest BCUT2D eigenvalue weighted by Crippen LogP contribution is -2.10. The molecule has 18 heavy (non-hydrogen) atoms. The van der Waals surface area contributed by atoms with Crippen LogP contribution in [0.25, 0.3) is 5.78 Å². The molecule has 0 bridgehead atoms. The van der Waals surface area contributed by atoms with E-state index in [4.69, 9.17) is 0 Å². The van der Waals surface area contributed by atoms with E-state index in [2.05, 4.69) is 44.8 Å². The van der Waals surface area contributed by atoms with Crippen molar-refractivity contribution >= 4 is 22.9 Å². The van der Waals surface area contributed by atoms with Crippen LogP contribution in [0.5, 0.6) is 0 Å². The number of nitrogens with one attached hydrogen (secondary N) is 1. The first-order valence-corrected chi connectivity index (χ1v) is 6.59. The van der Waals surface area contributed by atoms with Crippen molar-refractivity contribution in [3.05, 3.63) is 40.5 Å². The predicted octanol–water partition coefficient (Wildman–Crippen LogP) is 2.67. The second-order valence-corrected chi connectivity index (χ2v) is 5.12. The van der Waals surface area contributed by atoms with Crippen molar-refractivity contribution in [1.82, 2.24) is 19.6 Å². The van der Waals surface area contributed by atoms with Gasteiger partial charge in [0.2, 0.25) is 0 Å². The van der Waals surface area contributed by atoms with E-state index in [0.29, 0.717) is 5.78 Å². The Hall–Kier alpha value is -1.95. The molecule has 0 aliphatic carbocycles. The number of aromatic nitrogens is 4. The molecule has 5 nitrogen and oxygen atoms in total. The molecule has 3 aromatic rings. The highest BCUT2D eigenvalue weighted by atomic mass is 32.1. The number of hydrogen-bond acceptors (Lipinski definition) is 5. The first kappa shape index (κ1) is 11.2. The summed E-state index contributed by atoms with van der Waals surface area (Å²) in [4.78, 5) is 9.72. The van der Waals surface area contributed by atoms with E-state index in [1.54, 1.807) is 15.9 Å². The van der Waals surface area contributed by atoms with E-state index < -0.39 is 0 Å². The van der Waals surface area contributed by atoms with Gasteiger partial charge in [-0.1, -0.05) is 6.07 Å². The highest BCUT2D eigenvalue weighted by Gasteiger charge is 2.10. The van der Waals surface area contributed by atoms with Gasteiger partial charge in [0.05, 0.1) is 6.04 Å². The second kappa shape index (κ2) is 4.38. The number of anilines is 1. The molecule has 3 heterocycles. The quantitative estimate of drug-likeness (QED) is 0.785. The summed E-state index contributed by atoms with van der Waals surface area (Å²) in [7, 11) is 0. The van der Waals surface area contributed by atoms with Crippen LogP contribution in [0.4, 0.5) is 5.82 Å². The smallest absolute Gasteiger partial charge is 0.254 e. The summed E-state index contributed by atoms with van der Waals surface area (Å²) >= 11 is 1.74. The minimum Gasteiger partial charge on any atom is -0.363 e. The molecule has 6 heteroatoms. The van der Waals surface area contributed by atoms with Gasteiger partial charge in [-0.3, -0.25) is 0 Å². The van der Waals surface area contributed by atoms with Crippen LogP contribution in [0.1, 0.15) is 23.5 Å². The third kappa shape index (κ3) is 1.95. The van der Waals surface area contributed by atoms with Gasteiger partial charge in [-0.25, -0.2) is 4.98 Å². The van der Waals surface area contributed by atoms with Crippen LogP contribution in [0.15, 0.2) is 29.9 Å². The van der Waals surface area contributed by atoms with Crippen molar-refractivity contribution in [3.8, 4) is 0 Å². The van der Waals surface area contributed by atoms with Crippen molar-refractivity contribution in [2.24, 2.45) is 0 Å². The number of aryl methyl sites for hydroxylation is 1. The minimum absolute atomic E-state index is 0.235. The molecule has 1 N–H and O–H groups in total. The molecule has 0 aromatic carbocycles. The van der Waals surface area contributed by atoms with E-state index in [9.17, 15) is 0 Å². The maximum Gasteiger partial charge on any atom is 0.254 e. The zero-order valence-corrected chi connectivity index (χ0v) is 11.0. The largest absolute Gasteiger partial charge is 0.363 e. The number of fused-ring (bicyclic) bond motifs is 1. The Labute approximate surface area is 109 Å². The molecule has 0 fully saturated rings. The molecular weight excluding hydrogens is 246 g/mol. The van der Waals surface area contributed by atoms with E-state index >= 15 is 0 Å². The predicted molar refractivity (Wildman–Crippen MR) is 71.9 cm³/mol. The van der Waals surface area contributed by atoms with Gasteiger partial charge in [0.15, 0.2) is 0 Å². The third-order valence-electron chi connectivity index (χ3n) is 2.71. The lowest BCUT2D eigenvalue weighted by Gasteiger charge is -2.14. The maximum absolute atomic E-state index is 4.32. The van der Waals surface area contributed by atoms with E-state index in [-0.39, 0.29) is 6.04 Å². The molecule has 0 aliphatic rings. The molecule has 1 atom stereocenters. The molecule has 0 unspecified atom stereocenters. The van der Waals surface area contributed by atoms with Crippen molar-refractivity contribution in [3.63, 3.8) is 0 Å². The zero-order chi connectivity index (χ0) is 12.5. The summed E-state index contributed by atoms with van der Waals surface area (Å²) in [5.74, 6) is 1.53. The first-order chi connectivity index (χ1) is 8.74. The molecule has 3 rings (SSSR count). The van der Waals surface area contributed by atoms with Crippen LogP contribution >= 0.6 is 11.3 Å². The summed E-state index contributed by atoms with van der Waals surface area (Å²) in [6.07, 6.45) is 1.52. The van der Waals surface area contributed by atoms with Gasteiger partial charge in [-0.05, 0) is 25.3 Å². The van der Waals surface area contributed by atoms with Crippen LogP contribution in [0, 0.1) is 6.92 Å². The lowest BCUT2D eigenvalue weighted by molar-refractivity contribution is 0.850. The van der Waals surface area contributed by atoms with Crippen molar-refractivity contribution in [2.45, 2.75) is 19.9 Å². The average Bonchev–Trinajstić information content (AvgIpc) is 2.98. The molecule has 0 saturated heterocycles. The van der Waals surface area contributed by atoms with Crippen molar-refractivity contribution in [2.75, 3.05) is 5.32 Å². The third-order valence-corrected chi connectivity index (χ3v) is 3.77. The average molecular weight is 259 g/mol. The highest BCUT2D eigenvalue weighted by Crippen LogP contribution is 2.23. The van der Waals surface area contributed by atoms with Crippen LogP contribution in [0.2, 0.25) is 0 Å². The molecule has 0 aliphatic heterocycles. The fourth-order valence-corrected chi connectivity index (χ4v) is 2.60. The van der Waals surface area contributed by atoms with E-state index in [1.807, 2.05) is 13.0 Å². The van der Waals surface area contributed by atoms with Gasteiger partial charge < -0.3 is 5.32 Å². The Kier molecular flexibility index (Phi) is 2.71. The summed E-state index contributed by atoms with van der Waals surface area (Å²) in [5.41, 5.74) is 0.927. The molecule has 0 radical (unpaired) electrons. The van der Waals surface area contributed by atoms with Crippen LogP contribution in [0.3, 0.4) is 0 Å². The fourth-order valence-electron chi connectivity index (χ4n) is 1.86. The summed E-state index contributed by atoms with van der Waals surface area (Å²) in [5, 5.41) is 9.70. The summed E-state index contributed by atoms with van der Waals surface area (Å²) in [6.45, 7) is 4.08. The Bertz CT molecular complexity index is 658. The summed E-state index contributed by atoms with van der Waals surface area (Å²) < 4.78 is 1.72. The number of nitrogens with zero attached hydrogens (tertiary/aromatic N) is 4. The van der Waals surface area contributed by atoms with E-state index in [0.717, 1.165) is 11.5 Å². The standard InChI is InChI=1S/C12H13N5S/c1-8-6-11(17-12(15-8)13-7-14-17)16-9(2)10-4-3-5-18-10/h3-7,9,16H,1-2H3/t9-/m1/s1. The van der Waals surface area contributed by atoms with Crippen LogP contribution in [-0.2, 0) is 0 Å². The van der Waals surface area contributed by atoms with Crippen molar-refractivity contribution < 1.29 is 0 Å². The molecule has 0 spiro atoms. The van der Waals surface area contributed by atoms with Gasteiger partial charge in [0.25, 0.3) is 5.78 Å². The summed E-state index contributed by atoms with van der Waals surface area (Å²) in [6, 6.07) is 6.39. The van der Waals surface area contributed by atoms with Crippen molar-refractivity contribution in [1.29, 1.82) is 0 Å². The molecule has 92 valence electrons. The van der Waals surface area contributed by atoms with Gasteiger partial charge in [-0.15, -0.1) is 11.3 Å². The topological polar surface area (TPSA) is 55.1 Å². The van der Waals surface area contributed by atoms with Crippen LogP contribution < -0.4 is 5.32 Å². The maximum atomic E-state index is 4.32. The Morgan fingerprint density at radius 1 is 1.44 bits per heavy atom. The van der Waals surface area contributed by atoms with Gasteiger partial charge in [0, 0.05) is 16.6 Å². The number of rotatable bonds is 3. The SMILES string of the molecule is Cc1cc(N[C@H](C)c2cccs2)n2ncnc2n1. The van der Waals surface area contributed by atoms with Gasteiger partial charge in [0.1, 0.15) is 12.1 Å². The Balaban J connectivity index is 1.97. The fraction of sp³-hybridized carbons (Fsp3) is 0.250. The number of hydrogen-bond donors (Lipinski definition) is 1. The molecule has 0 amide bonds. The minimum atomic E-state index is 0.235. The zero-order valence-electron chi connectivity index (χ0n) is 10.2. The van der Waals surface area contributed by atoms with E-state index in [1.165, 1.54) is 11.2 Å². The highest BCUT2D eigenvalue weighted by molar-refractivity contribution is 7.10. The normalized spacial score (nSPS) is 12.8. The van der Waals surface area contributed by atoms with Gasteiger partial charge >= 0.3 is 0 Å². The molecular formula is C12H13N5S. The Morgan fingerprint density at radius 3 is 3.11 bits per heavy atom. The number of thiophene rings is 1. The lowest BCUT2D eigenvalue weighted by atomic mass is 10.2.